The maximum absolute atomic E-state index is 11.4. The molecule has 0 saturated carbocycles. The number of H-pyrrole nitrogens is 1. The minimum Gasteiger partial charge on any atom is -0.338 e. The number of pyridine rings is 1. The molecule has 0 bridgehead atoms. The molecule has 2 aromatic rings. The summed E-state index contributed by atoms with van der Waals surface area (Å²) in [6.07, 6.45) is 1.35. The lowest BCUT2D eigenvalue weighted by Gasteiger charge is -2.09. The number of rotatable bonds is 2. The average molecular weight is 295 g/mol. The first-order valence-electron chi connectivity index (χ1n) is 5.02. The van der Waals surface area contributed by atoms with Gasteiger partial charge in [-0.3, -0.25) is 9.78 Å². The molecule has 6 heteroatoms. The molecular weight excluding hydrogens is 284 g/mol. The molecule has 0 spiro atoms. The lowest BCUT2D eigenvalue weighted by atomic mass is 10.3. The van der Waals surface area contributed by atoms with Crippen LogP contribution in [0.25, 0.3) is 0 Å². The summed E-state index contributed by atoms with van der Waals surface area (Å²) in [5, 5.41) is 3.07. The van der Waals surface area contributed by atoms with E-state index in [4.69, 9.17) is 0 Å². The molecule has 17 heavy (non-hydrogen) atoms. The Morgan fingerprint density at radius 3 is 2.82 bits per heavy atom. The van der Waals surface area contributed by atoms with Crippen LogP contribution in [0, 0.1) is 13.8 Å². The summed E-state index contributed by atoms with van der Waals surface area (Å²) < 4.78 is 0.375. The van der Waals surface area contributed by atoms with Crippen molar-refractivity contribution in [1.82, 2.24) is 15.0 Å². The van der Waals surface area contributed by atoms with E-state index in [1.807, 2.05) is 26.0 Å². The van der Waals surface area contributed by atoms with Crippen LogP contribution in [-0.4, -0.2) is 15.0 Å². The third kappa shape index (κ3) is 2.52. The molecule has 0 unspecified atom stereocenters. The highest BCUT2D eigenvalue weighted by Crippen LogP contribution is 2.21. The fourth-order valence-corrected chi connectivity index (χ4v) is 1.73. The van der Waals surface area contributed by atoms with Crippen molar-refractivity contribution in [3.05, 3.63) is 44.7 Å². The largest absolute Gasteiger partial charge is 0.338 e. The highest BCUT2D eigenvalue weighted by Gasteiger charge is 2.07. The SMILES string of the molecule is Cc1ccc(Nc2nc[nH]c(=O)c2Br)c(C)n1. The highest BCUT2D eigenvalue weighted by atomic mass is 79.9. The standard InChI is InChI=1S/C11H11BrN4O/c1-6-3-4-8(7(2)15-6)16-10-9(12)11(17)14-5-13-10/h3-5H,1-2H3,(H2,13,14,16,17). The summed E-state index contributed by atoms with van der Waals surface area (Å²) in [6.45, 7) is 3.83. The van der Waals surface area contributed by atoms with Gasteiger partial charge in [0.2, 0.25) is 0 Å². The Labute approximate surface area is 106 Å². The van der Waals surface area contributed by atoms with Crippen molar-refractivity contribution >= 4 is 27.4 Å². The van der Waals surface area contributed by atoms with Crippen LogP contribution in [0.5, 0.6) is 0 Å². The number of aromatic nitrogens is 3. The average Bonchev–Trinajstić information content (AvgIpc) is 2.28. The van der Waals surface area contributed by atoms with Crippen molar-refractivity contribution in [1.29, 1.82) is 0 Å². The van der Waals surface area contributed by atoms with Gasteiger partial charge in [-0.2, -0.15) is 0 Å². The van der Waals surface area contributed by atoms with Gasteiger partial charge in [0.05, 0.1) is 17.7 Å². The number of hydrogen-bond donors (Lipinski definition) is 2. The van der Waals surface area contributed by atoms with Crippen LogP contribution in [0.2, 0.25) is 0 Å². The van der Waals surface area contributed by atoms with E-state index < -0.39 is 0 Å². The van der Waals surface area contributed by atoms with Crippen molar-refractivity contribution in [3.63, 3.8) is 0 Å². The Bertz CT molecular complexity index is 609. The molecule has 0 aliphatic heterocycles. The Morgan fingerprint density at radius 2 is 2.12 bits per heavy atom. The lowest BCUT2D eigenvalue weighted by molar-refractivity contribution is 1.09. The fourth-order valence-electron chi connectivity index (χ4n) is 1.42. The second-order valence-corrected chi connectivity index (χ2v) is 4.40. The quantitative estimate of drug-likeness (QED) is 0.891. The van der Waals surface area contributed by atoms with Crippen LogP contribution >= 0.6 is 15.9 Å². The molecule has 5 nitrogen and oxygen atoms in total. The van der Waals surface area contributed by atoms with Gasteiger partial charge in [-0.25, -0.2) is 4.98 Å². The van der Waals surface area contributed by atoms with Gasteiger partial charge in [0.15, 0.2) is 5.82 Å². The first kappa shape index (κ1) is 11.8. The monoisotopic (exact) mass is 294 g/mol. The predicted octanol–water partition coefficient (Wildman–Crippen LogP) is 2.29. The number of aryl methyl sites for hydroxylation is 2. The van der Waals surface area contributed by atoms with Crippen LogP contribution in [0.4, 0.5) is 11.5 Å². The molecule has 0 amide bonds. The zero-order valence-electron chi connectivity index (χ0n) is 9.41. The van der Waals surface area contributed by atoms with E-state index in [2.05, 4.69) is 36.2 Å². The van der Waals surface area contributed by atoms with Gasteiger partial charge in [-0.05, 0) is 41.9 Å². The van der Waals surface area contributed by atoms with Gasteiger partial charge in [0, 0.05) is 5.69 Å². The van der Waals surface area contributed by atoms with Crippen LogP contribution in [-0.2, 0) is 0 Å². The van der Waals surface area contributed by atoms with Crippen LogP contribution in [0.1, 0.15) is 11.4 Å². The first-order chi connectivity index (χ1) is 8.08. The summed E-state index contributed by atoms with van der Waals surface area (Å²) in [7, 11) is 0. The van der Waals surface area contributed by atoms with Gasteiger partial charge in [0.25, 0.3) is 5.56 Å². The summed E-state index contributed by atoms with van der Waals surface area (Å²) in [4.78, 5) is 22.2. The molecule has 0 aliphatic rings. The molecule has 0 fully saturated rings. The summed E-state index contributed by atoms with van der Waals surface area (Å²) in [5.74, 6) is 0.475. The third-order valence-electron chi connectivity index (χ3n) is 2.27. The van der Waals surface area contributed by atoms with Crippen LogP contribution < -0.4 is 10.9 Å². The van der Waals surface area contributed by atoms with Crippen molar-refractivity contribution in [3.8, 4) is 0 Å². The number of halogens is 1. The third-order valence-corrected chi connectivity index (χ3v) is 3.01. The Kier molecular flexibility index (Phi) is 3.23. The van der Waals surface area contributed by atoms with Crippen molar-refractivity contribution in [2.24, 2.45) is 0 Å². The summed E-state index contributed by atoms with van der Waals surface area (Å²) in [6, 6.07) is 3.81. The van der Waals surface area contributed by atoms with Crippen LogP contribution in [0.15, 0.2) is 27.7 Å². The molecule has 2 N–H and O–H groups in total. The molecule has 0 radical (unpaired) electrons. The smallest absolute Gasteiger partial charge is 0.267 e. The van der Waals surface area contributed by atoms with E-state index in [-0.39, 0.29) is 5.56 Å². The molecule has 0 aliphatic carbocycles. The van der Waals surface area contributed by atoms with Gasteiger partial charge in [0.1, 0.15) is 4.47 Å². The van der Waals surface area contributed by atoms with E-state index in [9.17, 15) is 4.79 Å². The van der Waals surface area contributed by atoms with E-state index >= 15 is 0 Å². The molecule has 2 rings (SSSR count). The fraction of sp³-hybridized carbons (Fsp3) is 0.182. The van der Waals surface area contributed by atoms with E-state index in [1.54, 1.807) is 0 Å². The van der Waals surface area contributed by atoms with Crippen molar-refractivity contribution < 1.29 is 0 Å². The van der Waals surface area contributed by atoms with Gasteiger partial charge >= 0.3 is 0 Å². The molecule has 2 aromatic heterocycles. The second-order valence-electron chi connectivity index (χ2n) is 3.60. The van der Waals surface area contributed by atoms with E-state index in [0.29, 0.717) is 10.3 Å². The minimum atomic E-state index is -0.222. The van der Waals surface area contributed by atoms with E-state index in [1.165, 1.54) is 6.33 Å². The number of aromatic amines is 1. The Hall–Kier alpha value is -1.69. The zero-order valence-corrected chi connectivity index (χ0v) is 11.0. The minimum absolute atomic E-state index is 0.222. The molecule has 0 saturated heterocycles. The lowest BCUT2D eigenvalue weighted by Crippen LogP contribution is -2.10. The molecule has 88 valence electrons. The Balaban J connectivity index is 2.38. The number of nitrogens with one attached hydrogen (secondary N) is 2. The van der Waals surface area contributed by atoms with E-state index in [0.717, 1.165) is 17.1 Å². The molecule has 0 atom stereocenters. The summed E-state index contributed by atoms with van der Waals surface area (Å²) >= 11 is 3.19. The Morgan fingerprint density at radius 1 is 1.35 bits per heavy atom. The highest BCUT2D eigenvalue weighted by molar-refractivity contribution is 9.10. The maximum atomic E-state index is 11.4. The maximum Gasteiger partial charge on any atom is 0.267 e. The van der Waals surface area contributed by atoms with Crippen molar-refractivity contribution in [2.75, 3.05) is 5.32 Å². The first-order valence-corrected chi connectivity index (χ1v) is 5.81. The number of anilines is 2. The number of nitrogens with zero attached hydrogens (tertiary/aromatic N) is 2. The molecule has 2 heterocycles. The summed E-state index contributed by atoms with van der Waals surface area (Å²) in [5.41, 5.74) is 2.42. The predicted molar refractivity (Wildman–Crippen MR) is 69.6 cm³/mol. The molecule has 0 aromatic carbocycles. The van der Waals surface area contributed by atoms with Crippen molar-refractivity contribution in [2.45, 2.75) is 13.8 Å². The molecular formula is C11H11BrN4O. The van der Waals surface area contributed by atoms with Crippen LogP contribution in [0.3, 0.4) is 0 Å². The van der Waals surface area contributed by atoms with Gasteiger partial charge < -0.3 is 10.3 Å². The normalized spacial score (nSPS) is 10.3. The topological polar surface area (TPSA) is 70.7 Å². The van der Waals surface area contributed by atoms with Gasteiger partial charge in [-0.15, -0.1) is 0 Å². The second kappa shape index (κ2) is 4.67. The number of hydrogen-bond acceptors (Lipinski definition) is 4. The zero-order chi connectivity index (χ0) is 12.4. The van der Waals surface area contributed by atoms with Gasteiger partial charge in [-0.1, -0.05) is 0 Å².